The summed E-state index contributed by atoms with van der Waals surface area (Å²) in [5.74, 6) is -0.663. The number of carbonyl (C=O) groups is 1. The SMILES string of the molecule is COC(=O)c1sc2ccccc2c1S(=O)(=O)Nc1c(C)cc(C)cc1C. The van der Waals surface area contributed by atoms with Crippen LogP contribution in [0.3, 0.4) is 0 Å². The molecule has 26 heavy (non-hydrogen) atoms. The molecule has 7 heteroatoms. The van der Waals surface area contributed by atoms with Crippen molar-refractivity contribution in [3.8, 4) is 0 Å². The second-order valence-electron chi connectivity index (χ2n) is 6.13. The summed E-state index contributed by atoms with van der Waals surface area (Å²) in [6, 6.07) is 10.9. The smallest absolute Gasteiger partial charge is 0.349 e. The third-order valence-corrected chi connectivity index (χ3v) is 6.82. The van der Waals surface area contributed by atoms with Gasteiger partial charge in [0.25, 0.3) is 10.0 Å². The number of sulfonamides is 1. The van der Waals surface area contributed by atoms with Gasteiger partial charge in [0.2, 0.25) is 0 Å². The van der Waals surface area contributed by atoms with Crippen molar-refractivity contribution in [2.75, 3.05) is 11.8 Å². The van der Waals surface area contributed by atoms with Crippen LogP contribution in [0.5, 0.6) is 0 Å². The Hall–Kier alpha value is -2.38. The predicted octanol–water partition coefficient (Wildman–Crippen LogP) is 4.41. The average molecular weight is 389 g/mol. The molecule has 0 radical (unpaired) electrons. The summed E-state index contributed by atoms with van der Waals surface area (Å²) in [5, 5.41) is 0.507. The van der Waals surface area contributed by atoms with Crippen LogP contribution in [0.4, 0.5) is 5.69 Å². The summed E-state index contributed by atoms with van der Waals surface area (Å²) >= 11 is 1.11. The zero-order valence-corrected chi connectivity index (χ0v) is 16.5. The van der Waals surface area contributed by atoms with Crippen LogP contribution < -0.4 is 4.72 Å². The van der Waals surface area contributed by atoms with Crippen LogP contribution in [-0.2, 0) is 14.8 Å². The summed E-state index contributed by atoms with van der Waals surface area (Å²) < 4.78 is 34.6. The van der Waals surface area contributed by atoms with E-state index in [4.69, 9.17) is 4.74 Å². The van der Waals surface area contributed by atoms with Crippen molar-refractivity contribution in [1.29, 1.82) is 0 Å². The van der Waals surface area contributed by atoms with Gasteiger partial charge in [-0.05, 0) is 38.0 Å². The highest BCUT2D eigenvalue weighted by Gasteiger charge is 2.29. The van der Waals surface area contributed by atoms with Crippen LogP contribution in [0.15, 0.2) is 41.3 Å². The fourth-order valence-corrected chi connectivity index (χ4v) is 6.06. The maximum Gasteiger partial charge on any atom is 0.349 e. The van der Waals surface area contributed by atoms with E-state index in [2.05, 4.69) is 4.72 Å². The molecule has 5 nitrogen and oxygen atoms in total. The van der Waals surface area contributed by atoms with Crippen molar-refractivity contribution >= 4 is 43.1 Å². The zero-order valence-electron chi connectivity index (χ0n) is 14.9. The van der Waals surface area contributed by atoms with Crippen molar-refractivity contribution in [2.45, 2.75) is 25.7 Å². The molecule has 0 fully saturated rings. The van der Waals surface area contributed by atoms with E-state index in [1.807, 2.05) is 32.9 Å². The Kier molecular flexibility index (Phi) is 4.77. The molecule has 3 rings (SSSR count). The average Bonchev–Trinajstić information content (AvgIpc) is 2.98. The van der Waals surface area contributed by atoms with Crippen LogP contribution in [0, 0.1) is 20.8 Å². The first kappa shape index (κ1) is 18.4. The van der Waals surface area contributed by atoms with Crippen LogP contribution in [0.2, 0.25) is 0 Å². The van der Waals surface area contributed by atoms with Crippen LogP contribution >= 0.6 is 11.3 Å². The Morgan fingerprint density at radius 1 is 1.08 bits per heavy atom. The lowest BCUT2D eigenvalue weighted by Crippen LogP contribution is -2.17. The van der Waals surface area contributed by atoms with Gasteiger partial charge >= 0.3 is 5.97 Å². The van der Waals surface area contributed by atoms with E-state index in [0.717, 1.165) is 28.0 Å². The largest absolute Gasteiger partial charge is 0.465 e. The fraction of sp³-hybridized carbons (Fsp3) is 0.211. The van der Waals surface area contributed by atoms with Gasteiger partial charge < -0.3 is 4.74 Å². The van der Waals surface area contributed by atoms with Crippen LogP contribution in [0.1, 0.15) is 26.4 Å². The molecule has 1 aromatic heterocycles. The van der Waals surface area contributed by atoms with Gasteiger partial charge in [-0.25, -0.2) is 13.2 Å². The molecular formula is C19H19NO4S2. The summed E-state index contributed by atoms with van der Waals surface area (Å²) in [7, 11) is -2.74. The second kappa shape index (κ2) is 6.74. The van der Waals surface area contributed by atoms with Crippen molar-refractivity contribution < 1.29 is 17.9 Å². The van der Waals surface area contributed by atoms with Gasteiger partial charge in [-0.1, -0.05) is 35.9 Å². The molecule has 0 aliphatic heterocycles. The Labute approximate surface area is 156 Å². The number of fused-ring (bicyclic) bond motifs is 1. The third kappa shape index (κ3) is 3.20. The molecule has 0 atom stereocenters. The number of hydrogen-bond donors (Lipinski definition) is 1. The van der Waals surface area contributed by atoms with Gasteiger partial charge in [-0.3, -0.25) is 4.72 Å². The number of nitrogens with one attached hydrogen (secondary N) is 1. The number of methoxy groups -OCH3 is 1. The number of benzene rings is 2. The van der Waals surface area contributed by atoms with Crippen LogP contribution in [0.25, 0.3) is 10.1 Å². The number of aryl methyl sites for hydroxylation is 3. The Morgan fingerprint density at radius 2 is 1.69 bits per heavy atom. The fourth-order valence-electron chi connectivity index (χ4n) is 3.04. The zero-order chi connectivity index (χ0) is 19.1. The number of anilines is 1. The van der Waals surface area contributed by atoms with E-state index < -0.39 is 16.0 Å². The second-order valence-corrected chi connectivity index (χ2v) is 8.80. The standard InChI is InChI=1S/C19H19NO4S2/c1-11-9-12(2)16(13(3)10-11)20-26(22,23)18-14-7-5-6-8-15(14)25-17(18)19(21)24-4/h5-10,20H,1-4H3. The normalized spacial score (nSPS) is 11.5. The Balaban J connectivity index is 2.21. The lowest BCUT2D eigenvalue weighted by Gasteiger charge is -2.14. The number of thiophene rings is 1. The van der Waals surface area contributed by atoms with Gasteiger partial charge in [0, 0.05) is 10.1 Å². The minimum absolute atomic E-state index is 0.0377. The number of carbonyl (C=O) groups excluding carboxylic acids is 1. The molecule has 1 heterocycles. The molecule has 1 N–H and O–H groups in total. The highest BCUT2D eigenvalue weighted by molar-refractivity contribution is 7.93. The first-order chi connectivity index (χ1) is 12.2. The van der Waals surface area contributed by atoms with E-state index >= 15 is 0 Å². The van der Waals surface area contributed by atoms with E-state index in [1.165, 1.54) is 7.11 Å². The molecule has 0 unspecified atom stereocenters. The molecule has 136 valence electrons. The van der Waals surface area contributed by atoms with Crippen molar-refractivity contribution in [2.24, 2.45) is 0 Å². The molecule has 2 aromatic carbocycles. The minimum Gasteiger partial charge on any atom is -0.465 e. The molecule has 0 saturated heterocycles. The van der Waals surface area contributed by atoms with Gasteiger partial charge in [0.05, 0.1) is 12.8 Å². The van der Waals surface area contributed by atoms with E-state index in [9.17, 15) is 13.2 Å². The van der Waals surface area contributed by atoms with Gasteiger partial charge in [0.1, 0.15) is 9.77 Å². The molecule has 0 aliphatic rings. The molecule has 0 amide bonds. The Bertz CT molecular complexity index is 1090. The maximum atomic E-state index is 13.2. The minimum atomic E-state index is -3.98. The van der Waals surface area contributed by atoms with E-state index in [-0.39, 0.29) is 9.77 Å². The van der Waals surface area contributed by atoms with Gasteiger partial charge in [0.15, 0.2) is 0 Å². The molecule has 0 bridgehead atoms. The number of rotatable bonds is 4. The predicted molar refractivity (Wildman–Crippen MR) is 105 cm³/mol. The topological polar surface area (TPSA) is 72.5 Å². The summed E-state index contributed by atoms with van der Waals surface area (Å²) in [5.41, 5.74) is 3.23. The van der Waals surface area contributed by atoms with Crippen molar-refractivity contribution in [1.82, 2.24) is 0 Å². The molecule has 0 spiro atoms. The number of hydrogen-bond acceptors (Lipinski definition) is 5. The first-order valence-corrected chi connectivity index (χ1v) is 10.2. The quantitative estimate of drug-likeness (QED) is 0.671. The van der Waals surface area contributed by atoms with Gasteiger partial charge in [-0.2, -0.15) is 0 Å². The summed E-state index contributed by atoms with van der Waals surface area (Å²) in [4.78, 5) is 12.2. The third-order valence-electron chi connectivity index (χ3n) is 4.10. The molecule has 0 saturated carbocycles. The Morgan fingerprint density at radius 3 is 2.31 bits per heavy atom. The monoisotopic (exact) mass is 389 g/mol. The highest BCUT2D eigenvalue weighted by atomic mass is 32.2. The lowest BCUT2D eigenvalue weighted by atomic mass is 10.1. The van der Waals surface area contributed by atoms with E-state index in [1.54, 1.807) is 24.3 Å². The summed E-state index contributed by atoms with van der Waals surface area (Å²) in [6.45, 7) is 5.66. The molecule has 0 aliphatic carbocycles. The van der Waals surface area contributed by atoms with Crippen molar-refractivity contribution in [3.05, 3.63) is 58.0 Å². The maximum absolute atomic E-state index is 13.2. The number of ether oxygens (including phenoxy) is 1. The van der Waals surface area contributed by atoms with Gasteiger partial charge in [-0.15, -0.1) is 11.3 Å². The number of esters is 1. The van der Waals surface area contributed by atoms with Crippen molar-refractivity contribution in [3.63, 3.8) is 0 Å². The van der Waals surface area contributed by atoms with E-state index in [0.29, 0.717) is 15.8 Å². The highest BCUT2D eigenvalue weighted by Crippen LogP contribution is 2.36. The lowest BCUT2D eigenvalue weighted by molar-refractivity contribution is 0.0602. The summed E-state index contributed by atoms with van der Waals surface area (Å²) in [6.07, 6.45) is 0. The first-order valence-electron chi connectivity index (χ1n) is 7.95. The molecular weight excluding hydrogens is 370 g/mol. The molecule has 3 aromatic rings. The van der Waals surface area contributed by atoms with Crippen LogP contribution in [-0.4, -0.2) is 21.5 Å².